The van der Waals surface area contributed by atoms with Gasteiger partial charge in [0.15, 0.2) is 0 Å². The molecule has 174 valence electrons. The minimum absolute atomic E-state index is 0.286. The lowest BCUT2D eigenvalue weighted by atomic mass is 10.1. The van der Waals surface area contributed by atoms with Crippen molar-refractivity contribution in [2.45, 2.75) is 0 Å². The molecular formula is C30H22N4O2. The van der Waals surface area contributed by atoms with Crippen LogP contribution in [0.25, 0.3) is 21.5 Å². The molecule has 5 aromatic rings. The summed E-state index contributed by atoms with van der Waals surface area (Å²) in [6.07, 6.45) is 3.12. The number of hydrazone groups is 2. The minimum atomic E-state index is -0.286. The van der Waals surface area contributed by atoms with Crippen LogP contribution in [0.1, 0.15) is 31.8 Å². The molecule has 0 aliphatic rings. The largest absolute Gasteiger partial charge is 0.271 e. The second kappa shape index (κ2) is 10.4. The number of benzene rings is 5. The maximum Gasteiger partial charge on any atom is 0.271 e. The Balaban J connectivity index is 1.19. The molecule has 0 bridgehead atoms. The molecule has 0 aliphatic heterocycles. The summed E-state index contributed by atoms with van der Waals surface area (Å²) in [5, 5.41) is 12.3. The van der Waals surface area contributed by atoms with Gasteiger partial charge in [-0.25, -0.2) is 10.9 Å². The van der Waals surface area contributed by atoms with E-state index in [1.807, 2.05) is 97.1 Å². The second-order valence-electron chi connectivity index (χ2n) is 8.19. The molecule has 0 saturated carbocycles. The van der Waals surface area contributed by atoms with Gasteiger partial charge in [0.05, 0.1) is 12.4 Å². The van der Waals surface area contributed by atoms with E-state index in [2.05, 4.69) is 21.1 Å². The Kier molecular flexibility index (Phi) is 6.58. The van der Waals surface area contributed by atoms with Crippen molar-refractivity contribution in [2.24, 2.45) is 10.2 Å². The fraction of sp³-hybridized carbons (Fsp3) is 0. The van der Waals surface area contributed by atoms with Crippen LogP contribution in [0.3, 0.4) is 0 Å². The molecule has 36 heavy (non-hydrogen) atoms. The molecule has 0 aliphatic carbocycles. The van der Waals surface area contributed by atoms with Crippen LogP contribution in [-0.2, 0) is 0 Å². The van der Waals surface area contributed by atoms with Crippen LogP contribution in [0.5, 0.6) is 0 Å². The first kappa shape index (κ1) is 22.7. The molecule has 2 N–H and O–H groups in total. The SMILES string of the molecule is O=C(N/N=C/c1cccc(/C=N/NC(=O)c2ccc3ccccc3c2)c1)c1ccc2ccccc2c1. The Hall–Kier alpha value is -5.10. The molecule has 6 nitrogen and oxygen atoms in total. The normalized spacial score (nSPS) is 11.3. The fourth-order valence-electron chi connectivity index (χ4n) is 3.84. The van der Waals surface area contributed by atoms with Crippen molar-refractivity contribution in [3.8, 4) is 0 Å². The standard InChI is InChI=1S/C30H22N4O2/c35-29(27-14-12-23-8-1-3-10-25(23)17-27)33-31-19-21-6-5-7-22(16-21)20-32-34-30(36)28-15-13-24-9-2-4-11-26(24)18-28/h1-20H,(H,33,35)(H,34,36)/b31-19+,32-20+. The van der Waals surface area contributed by atoms with Crippen molar-refractivity contribution < 1.29 is 9.59 Å². The molecule has 0 fully saturated rings. The van der Waals surface area contributed by atoms with Crippen LogP contribution < -0.4 is 10.9 Å². The lowest BCUT2D eigenvalue weighted by Crippen LogP contribution is -2.17. The molecule has 0 atom stereocenters. The molecule has 0 aromatic heterocycles. The highest BCUT2D eigenvalue weighted by Gasteiger charge is 2.06. The van der Waals surface area contributed by atoms with Gasteiger partial charge in [0.25, 0.3) is 11.8 Å². The van der Waals surface area contributed by atoms with Crippen molar-refractivity contribution in [1.29, 1.82) is 0 Å². The maximum atomic E-state index is 12.5. The first-order valence-corrected chi connectivity index (χ1v) is 11.4. The van der Waals surface area contributed by atoms with E-state index >= 15 is 0 Å². The third-order valence-corrected chi connectivity index (χ3v) is 5.69. The van der Waals surface area contributed by atoms with Crippen LogP contribution >= 0.6 is 0 Å². The van der Waals surface area contributed by atoms with Crippen molar-refractivity contribution in [2.75, 3.05) is 0 Å². The summed E-state index contributed by atoms with van der Waals surface area (Å²) in [5.74, 6) is -0.572. The van der Waals surface area contributed by atoms with Gasteiger partial charge >= 0.3 is 0 Å². The van der Waals surface area contributed by atoms with Gasteiger partial charge < -0.3 is 0 Å². The minimum Gasteiger partial charge on any atom is -0.267 e. The molecule has 5 aromatic carbocycles. The molecule has 0 radical (unpaired) electrons. The summed E-state index contributed by atoms with van der Waals surface area (Å²) < 4.78 is 0. The smallest absolute Gasteiger partial charge is 0.267 e. The Morgan fingerprint density at radius 2 is 0.944 bits per heavy atom. The van der Waals surface area contributed by atoms with Gasteiger partial charge in [0, 0.05) is 11.1 Å². The molecule has 0 spiro atoms. The van der Waals surface area contributed by atoms with Crippen molar-refractivity contribution in [1.82, 2.24) is 10.9 Å². The van der Waals surface area contributed by atoms with E-state index in [0.717, 1.165) is 32.7 Å². The van der Waals surface area contributed by atoms with Gasteiger partial charge in [-0.3, -0.25) is 9.59 Å². The number of nitrogens with one attached hydrogen (secondary N) is 2. The summed E-state index contributed by atoms with van der Waals surface area (Å²) in [7, 11) is 0. The molecule has 0 saturated heterocycles. The van der Waals surface area contributed by atoms with E-state index in [0.29, 0.717) is 11.1 Å². The number of rotatable bonds is 6. The fourth-order valence-corrected chi connectivity index (χ4v) is 3.84. The van der Waals surface area contributed by atoms with E-state index in [4.69, 9.17) is 0 Å². The second-order valence-corrected chi connectivity index (χ2v) is 8.19. The number of nitrogens with zero attached hydrogens (tertiary/aromatic N) is 2. The van der Waals surface area contributed by atoms with Gasteiger partial charge in [-0.1, -0.05) is 78.9 Å². The molecule has 0 heterocycles. The summed E-state index contributed by atoms with van der Waals surface area (Å²) in [6.45, 7) is 0. The van der Waals surface area contributed by atoms with Crippen molar-refractivity contribution in [3.63, 3.8) is 0 Å². The zero-order valence-electron chi connectivity index (χ0n) is 19.3. The van der Waals surface area contributed by atoms with Gasteiger partial charge in [-0.2, -0.15) is 10.2 Å². The molecule has 2 amide bonds. The third kappa shape index (κ3) is 5.34. The topological polar surface area (TPSA) is 82.9 Å². The van der Waals surface area contributed by atoms with Crippen molar-refractivity contribution in [3.05, 3.63) is 131 Å². The Morgan fingerprint density at radius 3 is 1.42 bits per heavy atom. The third-order valence-electron chi connectivity index (χ3n) is 5.69. The highest BCUT2D eigenvalue weighted by atomic mass is 16.2. The summed E-state index contributed by atoms with van der Waals surface area (Å²) in [6, 6.07) is 34.2. The maximum absolute atomic E-state index is 12.5. The summed E-state index contributed by atoms with van der Waals surface area (Å²) in [5.41, 5.74) is 7.75. The predicted molar refractivity (Wildman–Crippen MR) is 144 cm³/mol. The lowest BCUT2D eigenvalue weighted by Gasteiger charge is -2.03. The number of hydrogen-bond acceptors (Lipinski definition) is 4. The molecular weight excluding hydrogens is 448 g/mol. The highest BCUT2D eigenvalue weighted by Crippen LogP contribution is 2.16. The number of carbonyl (C=O) groups excluding carboxylic acids is 2. The zero-order valence-corrected chi connectivity index (χ0v) is 19.3. The predicted octanol–water partition coefficient (Wildman–Crippen LogP) is 5.52. The number of carbonyl (C=O) groups is 2. The van der Waals surface area contributed by atoms with Crippen LogP contribution in [0, 0.1) is 0 Å². The molecule has 0 unspecified atom stereocenters. The highest BCUT2D eigenvalue weighted by molar-refractivity contribution is 6.00. The van der Waals surface area contributed by atoms with Crippen molar-refractivity contribution >= 4 is 45.8 Å². The van der Waals surface area contributed by atoms with E-state index in [1.54, 1.807) is 24.6 Å². The summed E-state index contributed by atoms with van der Waals surface area (Å²) in [4.78, 5) is 24.9. The van der Waals surface area contributed by atoms with E-state index in [-0.39, 0.29) is 11.8 Å². The number of hydrogen-bond donors (Lipinski definition) is 2. The average molecular weight is 471 g/mol. The monoisotopic (exact) mass is 470 g/mol. The van der Waals surface area contributed by atoms with Gasteiger partial charge in [-0.05, 0) is 63.0 Å². The van der Waals surface area contributed by atoms with Crippen LogP contribution in [0.2, 0.25) is 0 Å². The quantitative estimate of drug-likeness (QED) is 0.253. The van der Waals surface area contributed by atoms with Crippen LogP contribution in [0.15, 0.2) is 119 Å². The van der Waals surface area contributed by atoms with Gasteiger partial charge in [-0.15, -0.1) is 0 Å². The van der Waals surface area contributed by atoms with Crippen LogP contribution in [0.4, 0.5) is 0 Å². The van der Waals surface area contributed by atoms with Crippen LogP contribution in [-0.4, -0.2) is 24.2 Å². The Bertz CT molecular complexity index is 1520. The Labute approximate surface area is 208 Å². The number of amides is 2. The van der Waals surface area contributed by atoms with Gasteiger partial charge in [0.1, 0.15) is 0 Å². The van der Waals surface area contributed by atoms with E-state index in [9.17, 15) is 9.59 Å². The van der Waals surface area contributed by atoms with E-state index in [1.165, 1.54) is 0 Å². The van der Waals surface area contributed by atoms with E-state index < -0.39 is 0 Å². The zero-order chi connectivity index (χ0) is 24.7. The summed E-state index contributed by atoms with van der Waals surface area (Å²) >= 11 is 0. The van der Waals surface area contributed by atoms with Gasteiger partial charge in [0.2, 0.25) is 0 Å². The first-order valence-electron chi connectivity index (χ1n) is 11.4. The number of fused-ring (bicyclic) bond motifs is 2. The molecule has 6 heteroatoms. The molecule has 5 rings (SSSR count). The average Bonchev–Trinajstić information content (AvgIpc) is 2.92. The first-order chi connectivity index (χ1) is 17.7. The lowest BCUT2D eigenvalue weighted by molar-refractivity contribution is 0.0947. The Morgan fingerprint density at radius 1 is 0.500 bits per heavy atom.